The zero-order valence-electron chi connectivity index (χ0n) is 17.7. The molecule has 4 aromatic rings. The average Bonchev–Trinajstić information content (AvgIpc) is 3.61. The van der Waals surface area contributed by atoms with Crippen molar-refractivity contribution < 1.29 is 9.32 Å². The summed E-state index contributed by atoms with van der Waals surface area (Å²) in [5, 5.41) is 9.05. The number of aromatic nitrogens is 3. The highest BCUT2D eigenvalue weighted by atomic mass is 32.1. The summed E-state index contributed by atoms with van der Waals surface area (Å²) in [7, 11) is 0. The Morgan fingerprint density at radius 1 is 1.06 bits per heavy atom. The van der Waals surface area contributed by atoms with Crippen LogP contribution in [0.1, 0.15) is 27.7 Å². The van der Waals surface area contributed by atoms with Crippen molar-refractivity contribution in [3.05, 3.63) is 51.5 Å². The molecule has 1 aliphatic heterocycles. The molecule has 0 N–H and O–H groups in total. The van der Waals surface area contributed by atoms with Crippen LogP contribution in [0.25, 0.3) is 20.6 Å². The van der Waals surface area contributed by atoms with E-state index in [9.17, 15) is 4.79 Å². The Labute approximate surface area is 198 Å². The maximum Gasteiger partial charge on any atom is 0.265 e. The Balaban J connectivity index is 1.10. The minimum absolute atomic E-state index is 0.106. The number of amides is 1. The molecule has 0 spiro atoms. The van der Waals surface area contributed by atoms with Crippen LogP contribution in [0.15, 0.2) is 39.5 Å². The molecular formula is C22H23N5O2S3. The van der Waals surface area contributed by atoms with Gasteiger partial charge in [-0.2, -0.15) is 4.98 Å². The van der Waals surface area contributed by atoms with E-state index in [-0.39, 0.29) is 5.91 Å². The number of hydrogen-bond donors (Lipinski definition) is 0. The highest BCUT2D eigenvalue weighted by Gasteiger charge is 2.25. The third-order valence-electron chi connectivity index (χ3n) is 5.46. The molecule has 1 fully saturated rings. The summed E-state index contributed by atoms with van der Waals surface area (Å²) in [6, 6.07) is 8.04. The lowest BCUT2D eigenvalue weighted by atomic mass is 10.2. The molecule has 1 aliphatic rings. The van der Waals surface area contributed by atoms with Crippen LogP contribution in [0.3, 0.4) is 0 Å². The highest BCUT2D eigenvalue weighted by Crippen LogP contribution is 2.32. The molecule has 0 radical (unpaired) electrons. The molecule has 0 aromatic carbocycles. The van der Waals surface area contributed by atoms with Gasteiger partial charge in [-0.25, -0.2) is 4.98 Å². The van der Waals surface area contributed by atoms with Gasteiger partial charge in [0, 0.05) is 32.6 Å². The Kier molecular flexibility index (Phi) is 6.44. The minimum Gasteiger partial charge on any atom is -0.339 e. The number of thiophene rings is 2. The molecule has 5 heterocycles. The SMILES string of the molecule is Cc1nc(-c2cccs2)sc1C(=O)N1CCN(CCCc2nc(-c3cccs3)no2)CC1. The number of aryl methyl sites for hydroxylation is 2. The molecule has 32 heavy (non-hydrogen) atoms. The van der Waals surface area contributed by atoms with Crippen LogP contribution in [-0.2, 0) is 6.42 Å². The van der Waals surface area contributed by atoms with Crippen molar-refractivity contribution in [1.29, 1.82) is 0 Å². The van der Waals surface area contributed by atoms with Gasteiger partial charge >= 0.3 is 0 Å². The fourth-order valence-corrected chi connectivity index (χ4v) is 6.22. The molecular weight excluding hydrogens is 462 g/mol. The first-order valence-corrected chi connectivity index (χ1v) is 13.1. The predicted octanol–water partition coefficient (Wildman–Crippen LogP) is 4.68. The second kappa shape index (κ2) is 9.62. The molecule has 0 unspecified atom stereocenters. The number of piperazine rings is 1. The molecule has 10 heteroatoms. The van der Waals surface area contributed by atoms with Crippen LogP contribution in [0.4, 0.5) is 0 Å². The Morgan fingerprint density at radius 3 is 2.53 bits per heavy atom. The summed E-state index contributed by atoms with van der Waals surface area (Å²) in [6.07, 6.45) is 1.72. The largest absolute Gasteiger partial charge is 0.339 e. The van der Waals surface area contributed by atoms with E-state index in [0.29, 0.717) is 11.7 Å². The molecule has 166 valence electrons. The second-order valence-electron chi connectivity index (χ2n) is 7.64. The number of nitrogens with zero attached hydrogens (tertiary/aromatic N) is 5. The zero-order chi connectivity index (χ0) is 21.9. The summed E-state index contributed by atoms with van der Waals surface area (Å²) < 4.78 is 5.39. The lowest BCUT2D eigenvalue weighted by Crippen LogP contribution is -2.48. The van der Waals surface area contributed by atoms with Gasteiger partial charge in [0.05, 0.1) is 15.4 Å². The van der Waals surface area contributed by atoms with Crippen molar-refractivity contribution in [1.82, 2.24) is 24.9 Å². The number of hydrogen-bond acceptors (Lipinski definition) is 9. The Hall–Kier alpha value is -2.40. The first kappa shape index (κ1) is 21.4. The van der Waals surface area contributed by atoms with Crippen LogP contribution >= 0.6 is 34.0 Å². The van der Waals surface area contributed by atoms with Crippen LogP contribution < -0.4 is 0 Å². The number of carbonyl (C=O) groups excluding carboxylic acids is 1. The van der Waals surface area contributed by atoms with Crippen molar-refractivity contribution >= 4 is 39.9 Å². The molecule has 1 amide bonds. The molecule has 4 aromatic heterocycles. The molecule has 7 nitrogen and oxygen atoms in total. The molecule has 5 rings (SSSR count). The van der Waals surface area contributed by atoms with Gasteiger partial charge in [-0.1, -0.05) is 17.3 Å². The van der Waals surface area contributed by atoms with Gasteiger partial charge < -0.3 is 9.42 Å². The van der Waals surface area contributed by atoms with Crippen LogP contribution in [0.5, 0.6) is 0 Å². The summed E-state index contributed by atoms with van der Waals surface area (Å²) >= 11 is 4.77. The van der Waals surface area contributed by atoms with E-state index >= 15 is 0 Å². The van der Waals surface area contributed by atoms with Gasteiger partial charge in [0.1, 0.15) is 9.88 Å². The minimum atomic E-state index is 0.106. The van der Waals surface area contributed by atoms with Crippen molar-refractivity contribution in [3.63, 3.8) is 0 Å². The standard InChI is InChI=1S/C22H23N5O2S3/c1-15-19(32-21(23-15)17-6-4-14-31-17)22(28)27-11-9-26(10-12-27)8-2-7-18-24-20(25-29-18)16-5-3-13-30-16/h3-6,13-14H,2,7-12H2,1H3. The van der Waals surface area contributed by atoms with Crippen molar-refractivity contribution in [3.8, 4) is 20.6 Å². The van der Waals surface area contributed by atoms with Crippen LogP contribution in [-0.4, -0.2) is 63.6 Å². The van der Waals surface area contributed by atoms with Gasteiger partial charge in [-0.3, -0.25) is 9.69 Å². The normalized spacial score (nSPS) is 14.8. The van der Waals surface area contributed by atoms with E-state index < -0.39 is 0 Å². The van der Waals surface area contributed by atoms with Crippen molar-refractivity contribution in [2.75, 3.05) is 32.7 Å². The van der Waals surface area contributed by atoms with E-state index in [1.807, 2.05) is 46.8 Å². The first-order valence-electron chi connectivity index (χ1n) is 10.6. The molecule has 0 bridgehead atoms. The Bertz CT molecular complexity index is 1160. The lowest BCUT2D eigenvalue weighted by molar-refractivity contribution is 0.0639. The average molecular weight is 486 g/mol. The lowest BCUT2D eigenvalue weighted by Gasteiger charge is -2.34. The topological polar surface area (TPSA) is 75.4 Å². The quantitative estimate of drug-likeness (QED) is 0.378. The molecule has 0 atom stereocenters. The molecule has 0 aliphatic carbocycles. The third kappa shape index (κ3) is 4.68. The predicted molar refractivity (Wildman–Crippen MR) is 128 cm³/mol. The second-order valence-corrected chi connectivity index (χ2v) is 10.5. The maximum atomic E-state index is 13.1. The molecule has 1 saturated heterocycles. The van der Waals surface area contributed by atoms with E-state index in [1.165, 1.54) is 11.3 Å². The summed E-state index contributed by atoms with van der Waals surface area (Å²) in [5.74, 6) is 1.46. The smallest absolute Gasteiger partial charge is 0.265 e. The summed E-state index contributed by atoms with van der Waals surface area (Å²) in [5.41, 5.74) is 0.826. The fraction of sp³-hybridized carbons (Fsp3) is 0.364. The van der Waals surface area contributed by atoms with Crippen molar-refractivity contribution in [2.45, 2.75) is 19.8 Å². The van der Waals surface area contributed by atoms with Gasteiger partial charge in [0.25, 0.3) is 5.91 Å². The number of carbonyl (C=O) groups is 1. The molecule has 0 saturated carbocycles. The van der Waals surface area contributed by atoms with E-state index in [2.05, 4.69) is 20.0 Å². The number of thiazole rings is 1. The van der Waals surface area contributed by atoms with E-state index in [1.54, 1.807) is 22.7 Å². The van der Waals surface area contributed by atoms with Gasteiger partial charge in [0.2, 0.25) is 11.7 Å². The first-order chi connectivity index (χ1) is 15.7. The number of rotatable bonds is 7. The van der Waals surface area contributed by atoms with Crippen LogP contribution in [0, 0.1) is 6.92 Å². The van der Waals surface area contributed by atoms with Crippen LogP contribution in [0.2, 0.25) is 0 Å². The summed E-state index contributed by atoms with van der Waals surface area (Å²) in [4.78, 5) is 29.4. The fourth-order valence-electron chi connectivity index (χ4n) is 3.73. The Morgan fingerprint density at radius 2 is 1.81 bits per heavy atom. The highest BCUT2D eigenvalue weighted by molar-refractivity contribution is 7.22. The van der Waals surface area contributed by atoms with Crippen molar-refractivity contribution in [2.24, 2.45) is 0 Å². The van der Waals surface area contributed by atoms with E-state index in [4.69, 9.17) is 4.52 Å². The monoisotopic (exact) mass is 485 g/mol. The van der Waals surface area contributed by atoms with E-state index in [0.717, 1.165) is 70.9 Å². The summed E-state index contributed by atoms with van der Waals surface area (Å²) in [6.45, 7) is 6.14. The van der Waals surface area contributed by atoms with Gasteiger partial charge in [-0.05, 0) is 42.8 Å². The maximum absolute atomic E-state index is 13.1. The van der Waals surface area contributed by atoms with Gasteiger partial charge in [0.15, 0.2) is 0 Å². The third-order valence-corrected chi connectivity index (χ3v) is 8.51. The zero-order valence-corrected chi connectivity index (χ0v) is 20.1. The van der Waals surface area contributed by atoms with Gasteiger partial charge in [-0.15, -0.1) is 34.0 Å².